The minimum absolute atomic E-state index is 0.379. The Morgan fingerprint density at radius 2 is 1.58 bits per heavy atom. The van der Waals surface area contributed by atoms with Gasteiger partial charge in [-0.15, -0.1) is 0 Å². The van der Waals surface area contributed by atoms with E-state index in [2.05, 4.69) is 11.0 Å². The maximum Gasteiger partial charge on any atom is 0.243 e. The van der Waals surface area contributed by atoms with Crippen molar-refractivity contribution in [3.8, 4) is 5.75 Å². The molecule has 0 saturated carbocycles. The van der Waals surface area contributed by atoms with Crippen molar-refractivity contribution in [3.05, 3.63) is 60.2 Å². The van der Waals surface area contributed by atoms with Crippen LogP contribution in [0.25, 0.3) is 0 Å². The van der Waals surface area contributed by atoms with Crippen molar-refractivity contribution in [2.24, 2.45) is 0 Å². The molecule has 2 aromatic rings. The molecule has 5 nitrogen and oxygen atoms in total. The highest BCUT2D eigenvalue weighted by atomic mass is 32.2. The zero-order valence-corrected chi connectivity index (χ0v) is 16.0. The number of aryl methyl sites for hydroxylation is 1. The Balaban J connectivity index is 1.48. The smallest absolute Gasteiger partial charge is 0.243 e. The van der Waals surface area contributed by atoms with E-state index in [9.17, 15) is 8.42 Å². The Morgan fingerprint density at radius 3 is 2.27 bits per heavy atom. The molecule has 0 unspecified atom stereocenters. The van der Waals surface area contributed by atoms with Crippen molar-refractivity contribution in [2.75, 3.05) is 39.8 Å². The maximum atomic E-state index is 12.7. The molecule has 0 aromatic heterocycles. The average Bonchev–Trinajstić information content (AvgIpc) is 2.69. The highest BCUT2D eigenvalue weighted by Gasteiger charge is 2.27. The zero-order chi connectivity index (χ0) is 18.4. The summed E-state index contributed by atoms with van der Waals surface area (Å²) in [5, 5.41) is 0. The second kappa shape index (κ2) is 8.66. The van der Waals surface area contributed by atoms with Crippen LogP contribution in [0.15, 0.2) is 59.5 Å². The number of sulfonamides is 1. The average molecular weight is 375 g/mol. The number of rotatable bonds is 7. The first-order valence-corrected chi connectivity index (χ1v) is 10.4. The van der Waals surface area contributed by atoms with Gasteiger partial charge in [-0.3, -0.25) is 0 Å². The lowest BCUT2D eigenvalue weighted by Gasteiger charge is -2.34. The van der Waals surface area contributed by atoms with Crippen molar-refractivity contribution in [2.45, 2.75) is 17.7 Å². The SMILES string of the molecule is COc1ccccc1CCCN1CCN(S(=O)(=O)c2ccccc2)CC1. The van der Waals surface area contributed by atoms with Crippen LogP contribution in [0.1, 0.15) is 12.0 Å². The summed E-state index contributed by atoms with van der Waals surface area (Å²) in [5.41, 5.74) is 1.22. The van der Waals surface area contributed by atoms with E-state index in [1.165, 1.54) is 5.56 Å². The van der Waals surface area contributed by atoms with Gasteiger partial charge in [-0.1, -0.05) is 36.4 Å². The van der Waals surface area contributed by atoms with Gasteiger partial charge in [-0.25, -0.2) is 8.42 Å². The summed E-state index contributed by atoms with van der Waals surface area (Å²) in [7, 11) is -1.67. The molecule has 6 heteroatoms. The maximum absolute atomic E-state index is 12.7. The first-order chi connectivity index (χ1) is 12.6. The highest BCUT2D eigenvalue weighted by Crippen LogP contribution is 2.20. The van der Waals surface area contributed by atoms with Gasteiger partial charge in [0.1, 0.15) is 5.75 Å². The van der Waals surface area contributed by atoms with Crippen molar-refractivity contribution < 1.29 is 13.2 Å². The predicted molar refractivity (Wildman–Crippen MR) is 103 cm³/mol. The van der Waals surface area contributed by atoms with Gasteiger partial charge in [0.2, 0.25) is 10.0 Å². The number of hydrogen-bond donors (Lipinski definition) is 0. The standard InChI is InChI=1S/C20H26N2O3S/c1-25-20-12-6-5-8-18(20)9-7-13-21-14-16-22(17-15-21)26(23,24)19-10-3-2-4-11-19/h2-6,8,10-12H,7,9,13-17H2,1H3. The number of hydrogen-bond acceptors (Lipinski definition) is 4. The van der Waals surface area contributed by atoms with Gasteiger partial charge < -0.3 is 9.64 Å². The normalized spacial score (nSPS) is 16.5. The van der Waals surface area contributed by atoms with Crippen molar-refractivity contribution >= 4 is 10.0 Å². The summed E-state index contributed by atoms with van der Waals surface area (Å²) in [6.45, 7) is 3.62. The number of piperazine rings is 1. The molecular formula is C20H26N2O3S. The lowest BCUT2D eigenvalue weighted by molar-refractivity contribution is 0.186. The summed E-state index contributed by atoms with van der Waals surface area (Å²) in [6.07, 6.45) is 2.00. The van der Waals surface area contributed by atoms with Crippen molar-refractivity contribution in [1.82, 2.24) is 9.21 Å². The van der Waals surface area contributed by atoms with E-state index in [1.807, 2.05) is 24.3 Å². The van der Waals surface area contributed by atoms with Crippen LogP contribution >= 0.6 is 0 Å². The van der Waals surface area contributed by atoms with Crippen molar-refractivity contribution in [3.63, 3.8) is 0 Å². The zero-order valence-electron chi connectivity index (χ0n) is 15.2. The topological polar surface area (TPSA) is 49.9 Å². The summed E-state index contributed by atoms with van der Waals surface area (Å²) < 4.78 is 32.3. The number of ether oxygens (including phenoxy) is 1. The van der Waals surface area contributed by atoms with Gasteiger partial charge in [0, 0.05) is 26.2 Å². The third-order valence-corrected chi connectivity index (χ3v) is 6.74. The van der Waals surface area contributed by atoms with Crippen LogP contribution in [0.5, 0.6) is 5.75 Å². The van der Waals surface area contributed by atoms with Crippen LogP contribution in [0.4, 0.5) is 0 Å². The van der Waals surface area contributed by atoms with Gasteiger partial charge in [0.15, 0.2) is 0 Å². The van der Waals surface area contributed by atoms with Gasteiger partial charge >= 0.3 is 0 Å². The number of methoxy groups -OCH3 is 1. The van der Waals surface area contributed by atoms with Gasteiger partial charge in [-0.05, 0) is 43.1 Å². The summed E-state index contributed by atoms with van der Waals surface area (Å²) in [4.78, 5) is 2.72. The van der Waals surface area contributed by atoms with E-state index < -0.39 is 10.0 Å². The van der Waals surface area contributed by atoms with E-state index in [-0.39, 0.29) is 0 Å². The Kier molecular flexibility index (Phi) is 6.29. The second-order valence-electron chi connectivity index (χ2n) is 6.47. The second-order valence-corrected chi connectivity index (χ2v) is 8.41. The number of para-hydroxylation sites is 1. The Bertz CT molecular complexity index is 801. The quantitative estimate of drug-likeness (QED) is 0.748. The van der Waals surface area contributed by atoms with Crippen LogP contribution in [-0.4, -0.2) is 57.5 Å². The highest BCUT2D eigenvalue weighted by molar-refractivity contribution is 7.89. The Hall–Kier alpha value is -1.89. The molecule has 0 N–H and O–H groups in total. The molecule has 0 amide bonds. The molecule has 0 spiro atoms. The Labute approximate surface area is 156 Å². The van der Waals surface area contributed by atoms with Crippen LogP contribution in [0, 0.1) is 0 Å². The third-order valence-electron chi connectivity index (χ3n) is 4.83. The van der Waals surface area contributed by atoms with Gasteiger partial charge in [-0.2, -0.15) is 4.31 Å². The third kappa shape index (κ3) is 4.44. The molecular weight excluding hydrogens is 348 g/mol. The summed E-state index contributed by atoms with van der Waals surface area (Å²) in [5.74, 6) is 0.936. The number of benzene rings is 2. The molecule has 140 valence electrons. The minimum Gasteiger partial charge on any atom is -0.496 e. The first kappa shape index (κ1) is 18.9. The van der Waals surface area contributed by atoms with E-state index in [4.69, 9.17) is 4.74 Å². The van der Waals surface area contributed by atoms with Gasteiger partial charge in [0.25, 0.3) is 0 Å². The molecule has 1 fully saturated rings. The first-order valence-electron chi connectivity index (χ1n) is 9.01. The monoisotopic (exact) mass is 374 g/mol. The molecule has 0 atom stereocenters. The van der Waals surface area contributed by atoms with Crippen LogP contribution in [0.2, 0.25) is 0 Å². The lowest BCUT2D eigenvalue weighted by atomic mass is 10.1. The van der Waals surface area contributed by atoms with Crippen LogP contribution in [0.3, 0.4) is 0 Å². The molecule has 1 heterocycles. The summed E-state index contributed by atoms with van der Waals surface area (Å²) in [6, 6.07) is 16.8. The van der Waals surface area contributed by atoms with Crippen molar-refractivity contribution in [1.29, 1.82) is 0 Å². The number of nitrogens with zero attached hydrogens (tertiary/aromatic N) is 2. The predicted octanol–water partition coefficient (Wildman–Crippen LogP) is 2.63. The molecule has 1 aliphatic rings. The molecule has 0 radical (unpaired) electrons. The van der Waals surface area contributed by atoms with E-state index >= 15 is 0 Å². The molecule has 2 aromatic carbocycles. The van der Waals surface area contributed by atoms with E-state index in [0.29, 0.717) is 18.0 Å². The molecule has 1 saturated heterocycles. The molecule has 0 aliphatic carbocycles. The molecule has 26 heavy (non-hydrogen) atoms. The van der Waals surface area contributed by atoms with E-state index in [0.717, 1.165) is 38.2 Å². The van der Waals surface area contributed by atoms with E-state index in [1.54, 1.807) is 35.7 Å². The van der Waals surface area contributed by atoms with Crippen LogP contribution in [-0.2, 0) is 16.4 Å². The Morgan fingerprint density at radius 1 is 0.923 bits per heavy atom. The molecule has 3 rings (SSSR count). The van der Waals surface area contributed by atoms with Crippen LogP contribution < -0.4 is 4.74 Å². The fourth-order valence-electron chi connectivity index (χ4n) is 3.34. The fraction of sp³-hybridized carbons (Fsp3) is 0.400. The molecule has 0 bridgehead atoms. The largest absolute Gasteiger partial charge is 0.496 e. The minimum atomic E-state index is -3.37. The summed E-state index contributed by atoms with van der Waals surface area (Å²) >= 11 is 0. The lowest BCUT2D eigenvalue weighted by Crippen LogP contribution is -2.48. The molecule has 1 aliphatic heterocycles. The van der Waals surface area contributed by atoms with Gasteiger partial charge in [0.05, 0.1) is 12.0 Å². The fourth-order valence-corrected chi connectivity index (χ4v) is 4.78.